The molecular formula is C12H22O5Si2. The normalized spacial score (nSPS) is 11.6. The van der Waals surface area contributed by atoms with Crippen LogP contribution in [0.25, 0.3) is 0 Å². The van der Waals surface area contributed by atoms with E-state index < -0.39 is 34.4 Å². The predicted molar refractivity (Wildman–Crippen MR) is 77.6 cm³/mol. The lowest BCUT2D eigenvalue weighted by atomic mass is 10.4. The minimum absolute atomic E-state index is 0.665. The average Bonchev–Trinajstić information content (AvgIpc) is 2.22. The van der Waals surface area contributed by atoms with Crippen LogP contribution in [0.2, 0.25) is 38.8 Å². The third kappa shape index (κ3) is 7.73. The number of ketones is 1. The summed E-state index contributed by atoms with van der Waals surface area (Å²) in [6.45, 7) is 12.5. The number of hydrogen-bond acceptors (Lipinski definition) is 5. The van der Waals surface area contributed by atoms with E-state index in [9.17, 15) is 14.4 Å². The van der Waals surface area contributed by atoms with Gasteiger partial charge in [-0.2, -0.15) is 0 Å². The highest BCUT2D eigenvalue weighted by Gasteiger charge is 2.35. The van der Waals surface area contributed by atoms with Crippen LogP contribution in [0.1, 0.15) is 6.42 Å². The largest absolute Gasteiger partial charge is 0.514 e. The zero-order valence-corrected chi connectivity index (χ0v) is 14.2. The van der Waals surface area contributed by atoms with E-state index in [0.29, 0.717) is 12.5 Å². The fraction of sp³-hybridized carbons (Fsp3) is 0.583. The van der Waals surface area contributed by atoms with Crippen LogP contribution in [0.5, 0.6) is 0 Å². The van der Waals surface area contributed by atoms with Crippen LogP contribution in [0.3, 0.4) is 0 Å². The molecule has 0 bridgehead atoms. The minimum atomic E-state index is -2.29. The van der Waals surface area contributed by atoms with E-state index in [1.807, 2.05) is 13.1 Å². The summed E-state index contributed by atoms with van der Waals surface area (Å²) in [5, 5.41) is 0. The highest BCUT2D eigenvalue weighted by atomic mass is 28.4. The topological polar surface area (TPSA) is 69.7 Å². The quantitative estimate of drug-likeness (QED) is 0.312. The highest BCUT2D eigenvalue weighted by Crippen LogP contribution is 2.14. The fourth-order valence-corrected chi connectivity index (χ4v) is 3.45. The van der Waals surface area contributed by atoms with Gasteiger partial charge in [-0.25, -0.2) is 9.59 Å². The Bertz CT molecular complexity index is 382. The molecular weight excluding hydrogens is 280 g/mol. The maximum Gasteiger partial charge on any atom is 0.373 e. The van der Waals surface area contributed by atoms with Gasteiger partial charge in [0.15, 0.2) is 0 Å². The van der Waals surface area contributed by atoms with Crippen molar-refractivity contribution in [3.63, 3.8) is 0 Å². The number of rotatable bonds is 7. The first-order chi connectivity index (χ1) is 8.48. The van der Waals surface area contributed by atoms with Gasteiger partial charge < -0.3 is 8.85 Å². The van der Waals surface area contributed by atoms with E-state index in [-0.39, 0.29) is 0 Å². The van der Waals surface area contributed by atoms with Gasteiger partial charge in [0.25, 0.3) is 0 Å². The molecule has 0 aliphatic rings. The van der Waals surface area contributed by atoms with Crippen LogP contribution in [0, 0.1) is 0 Å². The fourth-order valence-electron chi connectivity index (χ4n) is 1.21. The monoisotopic (exact) mass is 302 g/mol. The van der Waals surface area contributed by atoms with Crippen LogP contribution in [0.15, 0.2) is 12.7 Å². The van der Waals surface area contributed by atoms with Crippen LogP contribution in [-0.2, 0) is 23.2 Å². The molecule has 108 valence electrons. The van der Waals surface area contributed by atoms with E-state index >= 15 is 0 Å². The first-order valence-electron chi connectivity index (χ1n) is 6.10. The molecule has 0 atom stereocenters. The first-order valence-corrected chi connectivity index (χ1v) is 12.6. The summed E-state index contributed by atoms with van der Waals surface area (Å²) >= 11 is 0. The lowest BCUT2D eigenvalue weighted by Gasteiger charge is -2.22. The van der Waals surface area contributed by atoms with Crippen LogP contribution in [-0.4, -0.2) is 34.4 Å². The average molecular weight is 302 g/mol. The van der Waals surface area contributed by atoms with Gasteiger partial charge in [0.05, 0.1) is 0 Å². The first kappa shape index (κ1) is 17.8. The third-order valence-electron chi connectivity index (χ3n) is 2.09. The molecule has 0 N–H and O–H groups in total. The Morgan fingerprint density at radius 1 is 1.00 bits per heavy atom. The molecule has 0 aromatic heterocycles. The van der Waals surface area contributed by atoms with Gasteiger partial charge in [-0.05, 0) is 45.2 Å². The van der Waals surface area contributed by atoms with Crippen LogP contribution < -0.4 is 0 Å². The number of allylic oxidation sites excluding steroid dienone is 1. The summed E-state index contributed by atoms with van der Waals surface area (Å²) in [4.78, 5) is 34.6. The molecule has 0 saturated heterocycles. The Hall–Kier alpha value is -1.22. The van der Waals surface area contributed by atoms with Gasteiger partial charge in [-0.15, -0.1) is 6.58 Å². The molecule has 7 heteroatoms. The number of carbonyl (C=O) groups excluding carboxylic acids is 3. The lowest BCUT2D eigenvalue weighted by molar-refractivity contribution is -0.157. The van der Waals surface area contributed by atoms with E-state index in [4.69, 9.17) is 8.85 Å². The van der Waals surface area contributed by atoms with Crippen molar-refractivity contribution in [1.29, 1.82) is 0 Å². The Morgan fingerprint density at radius 3 is 1.89 bits per heavy atom. The molecule has 0 saturated carbocycles. The van der Waals surface area contributed by atoms with Gasteiger partial charge in [-0.3, -0.25) is 4.79 Å². The zero-order chi connectivity index (χ0) is 15.3. The molecule has 0 aromatic carbocycles. The molecule has 0 radical (unpaired) electrons. The maximum atomic E-state index is 11.6. The van der Waals surface area contributed by atoms with Crippen molar-refractivity contribution >= 4 is 34.4 Å². The maximum absolute atomic E-state index is 11.6. The highest BCUT2D eigenvalue weighted by molar-refractivity contribution is 6.78. The van der Waals surface area contributed by atoms with Crippen molar-refractivity contribution in [2.75, 3.05) is 0 Å². The van der Waals surface area contributed by atoms with Crippen molar-refractivity contribution in [2.24, 2.45) is 0 Å². The van der Waals surface area contributed by atoms with E-state index in [1.165, 1.54) is 0 Å². The minimum Gasteiger partial charge on any atom is -0.514 e. The Balaban J connectivity index is 4.54. The summed E-state index contributed by atoms with van der Waals surface area (Å²) in [5.41, 5.74) is 0. The molecule has 0 aliphatic carbocycles. The molecule has 0 aliphatic heterocycles. The Labute approximate surface area is 116 Å². The molecule has 19 heavy (non-hydrogen) atoms. The summed E-state index contributed by atoms with van der Waals surface area (Å²) in [5.74, 6) is -3.44. The van der Waals surface area contributed by atoms with Crippen molar-refractivity contribution in [3.05, 3.63) is 12.7 Å². The van der Waals surface area contributed by atoms with Crippen LogP contribution >= 0.6 is 0 Å². The van der Waals surface area contributed by atoms with Gasteiger partial charge in [0.1, 0.15) is 0 Å². The molecule has 0 unspecified atom stereocenters. The molecule has 0 aromatic rings. The Morgan fingerprint density at radius 2 is 1.47 bits per heavy atom. The third-order valence-corrected chi connectivity index (χ3v) is 5.12. The van der Waals surface area contributed by atoms with Crippen molar-refractivity contribution in [1.82, 2.24) is 0 Å². The standard InChI is InChI=1S/C12H22O5Si2/c1-7-8-9-19(5,6)17-12(15)10(13)11(14)16-18(2,3)4/h7H,1,8-9H2,2-6H3. The molecule has 0 spiro atoms. The smallest absolute Gasteiger partial charge is 0.373 e. The van der Waals surface area contributed by atoms with Crippen LogP contribution in [0.4, 0.5) is 0 Å². The molecule has 5 nitrogen and oxygen atoms in total. The lowest BCUT2D eigenvalue weighted by Crippen LogP contribution is -2.41. The van der Waals surface area contributed by atoms with E-state index in [1.54, 1.807) is 25.7 Å². The summed E-state index contributed by atoms with van der Waals surface area (Å²) in [7, 11) is -4.48. The SMILES string of the molecule is C=CCC[Si](C)(C)OC(=O)C(=O)C(=O)O[Si](C)(C)C. The predicted octanol–water partition coefficient (Wildman–Crippen LogP) is 2.26. The van der Waals surface area contributed by atoms with E-state index in [2.05, 4.69) is 6.58 Å². The summed E-state index contributed by atoms with van der Waals surface area (Å²) < 4.78 is 10.1. The van der Waals surface area contributed by atoms with Crippen molar-refractivity contribution < 1.29 is 23.2 Å². The second-order valence-electron chi connectivity index (χ2n) is 5.81. The number of carbonyl (C=O) groups is 3. The molecule has 0 fully saturated rings. The zero-order valence-electron chi connectivity index (χ0n) is 12.2. The Kier molecular flexibility index (Phi) is 6.37. The molecule has 0 heterocycles. The second-order valence-corrected chi connectivity index (χ2v) is 14.5. The van der Waals surface area contributed by atoms with Gasteiger partial charge >= 0.3 is 17.7 Å². The van der Waals surface area contributed by atoms with Crippen molar-refractivity contribution in [3.8, 4) is 0 Å². The van der Waals surface area contributed by atoms with Gasteiger partial charge in [0, 0.05) is 0 Å². The molecule has 0 amide bonds. The van der Waals surface area contributed by atoms with Gasteiger partial charge in [-0.1, -0.05) is 6.08 Å². The summed E-state index contributed by atoms with van der Waals surface area (Å²) in [6, 6.07) is 0.665. The number of hydrogen-bond donors (Lipinski definition) is 0. The van der Waals surface area contributed by atoms with Gasteiger partial charge in [0.2, 0.25) is 16.6 Å². The molecule has 0 rings (SSSR count). The second kappa shape index (κ2) is 6.81. The number of Topliss-reactive ketones (excluding diaryl/α,β-unsaturated/α-hetero) is 1. The summed E-state index contributed by atoms with van der Waals surface area (Å²) in [6.07, 6.45) is 2.43. The van der Waals surface area contributed by atoms with E-state index in [0.717, 1.165) is 0 Å². The van der Waals surface area contributed by atoms with Crippen molar-refractivity contribution in [2.45, 2.75) is 45.2 Å².